The Hall–Kier alpha value is -3.46. The Bertz CT molecular complexity index is 1150. The zero-order valence-electron chi connectivity index (χ0n) is 20.1. The van der Waals surface area contributed by atoms with Crippen molar-refractivity contribution in [3.8, 4) is 0 Å². The number of esters is 1. The van der Waals surface area contributed by atoms with Gasteiger partial charge in [0.05, 0.1) is 18.7 Å². The van der Waals surface area contributed by atoms with E-state index in [9.17, 15) is 23.9 Å². The molecule has 0 saturated carbocycles. The summed E-state index contributed by atoms with van der Waals surface area (Å²) in [7, 11) is 1.23. The first kappa shape index (κ1) is 25.2. The van der Waals surface area contributed by atoms with Gasteiger partial charge in [0.2, 0.25) is 0 Å². The van der Waals surface area contributed by atoms with Crippen molar-refractivity contribution >= 4 is 23.4 Å². The molecule has 2 N–H and O–H groups in total. The van der Waals surface area contributed by atoms with Gasteiger partial charge >= 0.3 is 5.97 Å². The highest BCUT2D eigenvalue weighted by molar-refractivity contribution is 6.46. The second kappa shape index (κ2) is 10.2. The number of aromatic nitrogens is 1. The number of aryl methyl sites for hydroxylation is 1. The van der Waals surface area contributed by atoms with E-state index in [1.807, 2.05) is 13.8 Å². The number of likely N-dealkylation sites (N-methyl/N-ethyl adjacent to an activating group) is 1. The van der Waals surface area contributed by atoms with Gasteiger partial charge in [-0.05, 0) is 38.6 Å². The van der Waals surface area contributed by atoms with Crippen molar-refractivity contribution in [1.82, 2.24) is 14.8 Å². The lowest BCUT2D eigenvalue weighted by Gasteiger charge is -2.28. The van der Waals surface area contributed by atoms with Gasteiger partial charge < -0.3 is 24.6 Å². The Morgan fingerprint density at radius 2 is 1.85 bits per heavy atom. The van der Waals surface area contributed by atoms with Crippen LogP contribution in [0, 0.1) is 19.7 Å². The van der Waals surface area contributed by atoms with E-state index in [1.165, 1.54) is 30.2 Å². The number of hydrogen-bond acceptors (Lipinski definition) is 6. The highest BCUT2D eigenvalue weighted by atomic mass is 19.1. The van der Waals surface area contributed by atoms with Gasteiger partial charge in [-0.25, -0.2) is 9.18 Å². The van der Waals surface area contributed by atoms with E-state index in [-0.39, 0.29) is 28.9 Å². The zero-order chi connectivity index (χ0) is 25.2. The first-order valence-corrected chi connectivity index (χ1v) is 11.2. The molecule has 182 valence electrons. The van der Waals surface area contributed by atoms with Crippen molar-refractivity contribution < 1.29 is 28.6 Å². The molecule has 1 aromatic heterocycles. The first-order chi connectivity index (χ1) is 16.2. The van der Waals surface area contributed by atoms with Gasteiger partial charge in [0.15, 0.2) is 0 Å². The molecule has 1 saturated heterocycles. The molecule has 1 aromatic carbocycles. The number of nitrogens with one attached hydrogen (secondary N) is 1. The van der Waals surface area contributed by atoms with Crippen molar-refractivity contribution in [3.05, 3.63) is 63.7 Å². The average Bonchev–Trinajstić information content (AvgIpc) is 3.26. The molecule has 9 heteroatoms. The van der Waals surface area contributed by atoms with Gasteiger partial charge in [0, 0.05) is 29.9 Å². The summed E-state index contributed by atoms with van der Waals surface area (Å²) in [6, 6.07) is 4.78. The van der Waals surface area contributed by atoms with Crippen LogP contribution in [-0.4, -0.2) is 70.8 Å². The molecule has 8 nitrogen and oxygen atoms in total. The predicted molar refractivity (Wildman–Crippen MR) is 125 cm³/mol. The highest BCUT2D eigenvalue weighted by Gasteiger charge is 2.47. The Morgan fingerprint density at radius 1 is 1.21 bits per heavy atom. The number of H-pyrrole nitrogens is 1. The number of nitrogens with zero attached hydrogens (tertiary/aromatic N) is 2. The summed E-state index contributed by atoms with van der Waals surface area (Å²) < 4.78 is 19.7. The lowest BCUT2D eigenvalue weighted by atomic mass is 9.93. The van der Waals surface area contributed by atoms with E-state index in [0.717, 1.165) is 13.1 Å². The minimum atomic E-state index is -1.10. The molecule has 3 rings (SSSR count). The van der Waals surface area contributed by atoms with Gasteiger partial charge in [0.1, 0.15) is 17.3 Å². The number of methoxy groups -OCH3 is 1. The number of carbonyl (C=O) groups is 3. The smallest absolute Gasteiger partial charge is 0.354 e. The molecule has 0 unspecified atom stereocenters. The van der Waals surface area contributed by atoms with E-state index in [4.69, 9.17) is 4.74 Å². The number of likely N-dealkylation sites (tertiary alicyclic amines) is 1. The molecule has 34 heavy (non-hydrogen) atoms. The second-order valence-electron chi connectivity index (χ2n) is 8.16. The normalized spacial score (nSPS) is 17.6. The number of rotatable bonds is 8. The number of halogens is 1. The summed E-state index contributed by atoms with van der Waals surface area (Å²) in [5, 5.41) is 11.3. The maximum absolute atomic E-state index is 14.9. The Labute approximate surface area is 198 Å². The van der Waals surface area contributed by atoms with E-state index in [1.54, 1.807) is 19.9 Å². The Kier molecular flexibility index (Phi) is 7.56. The van der Waals surface area contributed by atoms with Crippen molar-refractivity contribution in [2.75, 3.05) is 33.3 Å². The number of amides is 1. The van der Waals surface area contributed by atoms with E-state index in [2.05, 4.69) is 9.88 Å². The van der Waals surface area contributed by atoms with E-state index in [0.29, 0.717) is 17.8 Å². The van der Waals surface area contributed by atoms with Gasteiger partial charge in [-0.3, -0.25) is 9.59 Å². The molecular weight excluding hydrogens is 441 g/mol. The van der Waals surface area contributed by atoms with Crippen LogP contribution in [0.1, 0.15) is 52.8 Å². The minimum absolute atomic E-state index is 0.113. The number of Topliss-reactive ketones (excluding diaryl/α,β-unsaturated/α-hetero) is 1. The van der Waals surface area contributed by atoms with E-state index < -0.39 is 35.3 Å². The summed E-state index contributed by atoms with van der Waals surface area (Å²) in [6.07, 6.45) is 0. The molecule has 0 spiro atoms. The van der Waals surface area contributed by atoms with Crippen LogP contribution in [0.25, 0.3) is 5.76 Å². The molecule has 0 bridgehead atoms. The molecule has 2 aromatic rings. The number of aromatic amines is 1. The maximum Gasteiger partial charge on any atom is 0.354 e. The van der Waals surface area contributed by atoms with Gasteiger partial charge in [0.25, 0.3) is 11.7 Å². The number of ether oxygens (including phenoxy) is 1. The SMILES string of the molecule is CCN(CC)CCN1C(=O)C(=O)C(=C(O)c2c(C)[nH]c(C(=O)OC)c2C)[C@@H]1c1ccccc1F. The molecule has 1 aliphatic rings. The lowest BCUT2D eigenvalue weighted by Crippen LogP contribution is -2.38. The number of benzene rings is 1. The molecule has 1 fully saturated rings. The Balaban J connectivity index is 2.20. The molecule has 0 aliphatic carbocycles. The monoisotopic (exact) mass is 471 g/mol. The number of hydrogen-bond donors (Lipinski definition) is 2. The maximum atomic E-state index is 14.9. The van der Waals surface area contributed by atoms with Crippen LogP contribution in [0.2, 0.25) is 0 Å². The van der Waals surface area contributed by atoms with Gasteiger partial charge in [-0.15, -0.1) is 0 Å². The summed E-state index contributed by atoms with van der Waals surface area (Å²) in [4.78, 5) is 44.6. The minimum Gasteiger partial charge on any atom is -0.507 e. The molecular formula is C25H30FN3O5. The molecule has 1 atom stereocenters. The number of ketones is 1. The fraction of sp³-hybridized carbons (Fsp3) is 0.400. The van der Waals surface area contributed by atoms with Crippen LogP contribution in [-0.2, 0) is 14.3 Å². The molecule has 0 radical (unpaired) electrons. The fourth-order valence-electron chi connectivity index (χ4n) is 4.47. The average molecular weight is 472 g/mol. The lowest BCUT2D eigenvalue weighted by molar-refractivity contribution is -0.140. The summed E-state index contributed by atoms with van der Waals surface area (Å²) in [6.45, 7) is 9.37. The Morgan fingerprint density at radius 3 is 2.44 bits per heavy atom. The predicted octanol–water partition coefficient (Wildman–Crippen LogP) is 3.32. The van der Waals surface area contributed by atoms with E-state index >= 15 is 0 Å². The van der Waals surface area contributed by atoms with Crippen molar-refractivity contribution in [2.45, 2.75) is 33.7 Å². The third-order valence-electron chi connectivity index (χ3n) is 6.36. The second-order valence-corrected chi connectivity index (χ2v) is 8.16. The molecule has 1 aliphatic heterocycles. The topological polar surface area (TPSA) is 103 Å². The molecule has 2 heterocycles. The number of aliphatic hydroxyl groups excluding tert-OH is 1. The van der Waals surface area contributed by atoms with Crippen molar-refractivity contribution in [3.63, 3.8) is 0 Å². The van der Waals surface area contributed by atoms with Crippen molar-refractivity contribution in [1.29, 1.82) is 0 Å². The number of carbonyl (C=O) groups excluding carboxylic acids is 3. The fourth-order valence-corrected chi connectivity index (χ4v) is 4.47. The van der Waals surface area contributed by atoms with Crippen LogP contribution in [0.3, 0.4) is 0 Å². The summed E-state index contributed by atoms with van der Waals surface area (Å²) in [5.41, 5.74) is 1.02. The quantitative estimate of drug-likeness (QED) is 0.265. The third kappa shape index (κ3) is 4.35. The first-order valence-electron chi connectivity index (χ1n) is 11.2. The van der Waals surface area contributed by atoms with Crippen LogP contribution >= 0.6 is 0 Å². The van der Waals surface area contributed by atoms with Crippen LogP contribution in [0.5, 0.6) is 0 Å². The summed E-state index contributed by atoms with van der Waals surface area (Å²) in [5.74, 6) is -3.39. The standard InChI is InChI=1S/C25H30FN3O5/c1-6-28(7-2)12-13-29-21(16-10-8-9-11-17(16)26)19(23(31)24(29)32)22(30)18-14(3)20(25(33)34-5)27-15(18)4/h8-11,21,27,30H,6-7,12-13H2,1-5H3/t21-/m0/s1. The van der Waals surface area contributed by atoms with Gasteiger partial charge in [-0.2, -0.15) is 0 Å². The van der Waals surface area contributed by atoms with Gasteiger partial charge in [-0.1, -0.05) is 32.0 Å². The molecule has 1 amide bonds. The van der Waals surface area contributed by atoms with Crippen LogP contribution < -0.4 is 0 Å². The number of aliphatic hydroxyl groups is 1. The largest absolute Gasteiger partial charge is 0.507 e. The zero-order valence-corrected chi connectivity index (χ0v) is 20.1. The summed E-state index contributed by atoms with van der Waals surface area (Å²) >= 11 is 0. The van der Waals surface area contributed by atoms with Crippen LogP contribution in [0.15, 0.2) is 29.8 Å². The third-order valence-corrected chi connectivity index (χ3v) is 6.36. The van der Waals surface area contributed by atoms with Crippen molar-refractivity contribution in [2.24, 2.45) is 0 Å². The highest BCUT2D eigenvalue weighted by Crippen LogP contribution is 2.41. The van der Waals surface area contributed by atoms with Crippen LogP contribution in [0.4, 0.5) is 4.39 Å².